The summed E-state index contributed by atoms with van der Waals surface area (Å²) in [6.45, 7) is 5.73. The number of sulfonamides is 1. The highest BCUT2D eigenvalue weighted by molar-refractivity contribution is 7.89. The Kier molecular flexibility index (Phi) is 5.48. The highest BCUT2D eigenvalue weighted by Gasteiger charge is 2.17. The molecule has 1 amide bonds. The third kappa shape index (κ3) is 4.44. The lowest BCUT2D eigenvalue weighted by Gasteiger charge is -2.11. The van der Waals surface area contributed by atoms with Crippen LogP contribution in [0.1, 0.15) is 31.4 Å². The van der Waals surface area contributed by atoms with Gasteiger partial charge in [-0.15, -0.1) is 22.7 Å². The standard InChI is InChI=1S/C18H19N3O3S3/c1-10-6-13(7-17(11(10)2)27(19,23)24)18(22)20-8-14-4-5-16(26-14)15-9-25-12(3)21-15/h4-7,9H,8H2,1-3H3,(H,20,22)(H2,19,23,24). The molecule has 0 fully saturated rings. The molecule has 0 unspecified atom stereocenters. The molecule has 0 radical (unpaired) electrons. The van der Waals surface area contributed by atoms with Gasteiger partial charge in [0.25, 0.3) is 5.91 Å². The molecule has 2 aromatic heterocycles. The van der Waals surface area contributed by atoms with E-state index in [2.05, 4.69) is 10.3 Å². The Labute approximate surface area is 166 Å². The second kappa shape index (κ2) is 7.51. The molecule has 6 nitrogen and oxygen atoms in total. The molecule has 0 atom stereocenters. The van der Waals surface area contributed by atoms with Gasteiger partial charge in [0, 0.05) is 15.8 Å². The number of thiophene rings is 1. The summed E-state index contributed by atoms with van der Waals surface area (Å²) < 4.78 is 23.5. The Morgan fingerprint density at radius 1 is 1.22 bits per heavy atom. The highest BCUT2D eigenvalue weighted by Crippen LogP contribution is 2.29. The van der Waals surface area contributed by atoms with Crippen molar-refractivity contribution in [2.24, 2.45) is 5.14 Å². The van der Waals surface area contributed by atoms with Crippen LogP contribution in [0.2, 0.25) is 0 Å². The number of primary sulfonamides is 1. The molecule has 0 saturated carbocycles. The first-order chi connectivity index (χ1) is 12.6. The van der Waals surface area contributed by atoms with Crippen LogP contribution in [0.5, 0.6) is 0 Å². The van der Waals surface area contributed by atoms with Gasteiger partial charge in [0.05, 0.1) is 27.0 Å². The first-order valence-electron chi connectivity index (χ1n) is 8.08. The van der Waals surface area contributed by atoms with Crippen molar-refractivity contribution < 1.29 is 13.2 Å². The monoisotopic (exact) mass is 421 g/mol. The number of carbonyl (C=O) groups excluding carboxylic acids is 1. The fourth-order valence-corrected chi connectivity index (χ4v) is 5.08. The van der Waals surface area contributed by atoms with E-state index in [9.17, 15) is 13.2 Å². The molecule has 0 spiro atoms. The molecular formula is C18H19N3O3S3. The lowest BCUT2D eigenvalue weighted by atomic mass is 10.1. The molecular weight excluding hydrogens is 402 g/mol. The van der Waals surface area contributed by atoms with Gasteiger partial charge in [0.2, 0.25) is 10.0 Å². The SMILES string of the molecule is Cc1nc(-c2ccc(CNC(=O)c3cc(C)c(C)c(S(N)(=O)=O)c3)s2)cs1. The Morgan fingerprint density at radius 3 is 2.59 bits per heavy atom. The molecule has 0 aliphatic heterocycles. The van der Waals surface area contributed by atoms with Crippen molar-refractivity contribution >= 4 is 38.6 Å². The van der Waals surface area contributed by atoms with Gasteiger partial charge in [-0.2, -0.15) is 0 Å². The maximum Gasteiger partial charge on any atom is 0.251 e. The zero-order valence-corrected chi connectivity index (χ0v) is 17.5. The number of hydrogen-bond acceptors (Lipinski definition) is 6. The topological polar surface area (TPSA) is 102 Å². The molecule has 0 aliphatic rings. The van der Waals surface area contributed by atoms with Gasteiger partial charge in [-0.25, -0.2) is 18.5 Å². The molecule has 0 saturated heterocycles. The molecule has 0 aliphatic carbocycles. The lowest BCUT2D eigenvalue weighted by molar-refractivity contribution is 0.0951. The quantitative estimate of drug-likeness (QED) is 0.659. The number of benzene rings is 1. The third-order valence-electron chi connectivity index (χ3n) is 4.14. The van der Waals surface area contributed by atoms with Crippen LogP contribution < -0.4 is 10.5 Å². The van der Waals surface area contributed by atoms with E-state index in [0.29, 0.717) is 17.7 Å². The summed E-state index contributed by atoms with van der Waals surface area (Å²) >= 11 is 3.16. The van der Waals surface area contributed by atoms with Crippen molar-refractivity contribution in [1.29, 1.82) is 0 Å². The van der Waals surface area contributed by atoms with E-state index in [-0.39, 0.29) is 16.4 Å². The van der Waals surface area contributed by atoms with Gasteiger partial charge in [-0.1, -0.05) is 0 Å². The minimum absolute atomic E-state index is 0.0232. The molecule has 3 N–H and O–H groups in total. The molecule has 27 heavy (non-hydrogen) atoms. The van der Waals surface area contributed by atoms with Crippen LogP contribution in [0.4, 0.5) is 0 Å². The van der Waals surface area contributed by atoms with E-state index in [1.807, 2.05) is 24.4 Å². The summed E-state index contributed by atoms with van der Waals surface area (Å²) in [5, 5.41) is 11.1. The number of hydrogen-bond donors (Lipinski definition) is 2. The second-order valence-electron chi connectivity index (χ2n) is 6.16. The smallest absolute Gasteiger partial charge is 0.251 e. The van der Waals surface area contributed by atoms with E-state index in [4.69, 9.17) is 5.14 Å². The third-order valence-corrected chi connectivity index (χ3v) is 7.06. The molecule has 142 valence electrons. The number of nitrogens with zero attached hydrogens (tertiary/aromatic N) is 1. The maximum atomic E-state index is 12.5. The fourth-order valence-electron chi connectivity index (χ4n) is 2.61. The van der Waals surface area contributed by atoms with Crippen LogP contribution in [0.3, 0.4) is 0 Å². The van der Waals surface area contributed by atoms with Crippen LogP contribution in [0, 0.1) is 20.8 Å². The van der Waals surface area contributed by atoms with Crippen LogP contribution in [0.15, 0.2) is 34.5 Å². The molecule has 3 rings (SSSR count). The number of thiazole rings is 1. The Hall–Kier alpha value is -2.07. The van der Waals surface area contributed by atoms with Crippen molar-refractivity contribution in [1.82, 2.24) is 10.3 Å². The molecule has 0 bridgehead atoms. The van der Waals surface area contributed by atoms with Crippen LogP contribution in [0.25, 0.3) is 10.6 Å². The number of aryl methyl sites for hydroxylation is 2. The average molecular weight is 422 g/mol. The van der Waals surface area contributed by atoms with Gasteiger partial charge in [0.15, 0.2) is 0 Å². The van der Waals surface area contributed by atoms with Crippen molar-refractivity contribution in [2.45, 2.75) is 32.2 Å². The van der Waals surface area contributed by atoms with Crippen molar-refractivity contribution in [2.75, 3.05) is 0 Å². The summed E-state index contributed by atoms with van der Waals surface area (Å²) in [6.07, 6.45) is 0. The highest BCUT2D eigenvalue weighted by atomic mass is 32.2. The minimum Gasteiger partial charge on any atom is -0.347 e. The van der Waals surface area contributed by atoms with Gasteiger partial charge < -0.3 is 5.32 Å². The molecule has 2 heterocycles. The Morgan fingerprint density at radius 2 is 1.96 bits per heavy atom. The second-order valence-corrected chi connectivity index (χ2v) is 9.92. The normalized spacial score (nSPS) is 11.6. The zero-order chi connectivity index (χ0) is 19.8. The van der Waals surface area contributed by atoms with Crippen LogP contribution >= 0.6 is 22.7 Å². The number of rotatable bonds is 5. The van der Waals surface area contributed by atoms with Gasteiger partial charge in [-0.05, 0) is 56.2 Å². The summed E-state index contributed by atoms with van der Waals surface area (Å²) in [7, 11) is -3.89. The fraction of sp³-hybridized carbons (Fsp3) is 0.222. The predicted molar refractivity (Wildman–Crippen MR) is 109 cm³/mol. The summed E-state index contributed by atoms with van der Waals surface area (Å²) in [6, 6.07) is 6.92. The lowest BCUT2D eigenvalue weighted by Crippen LogP contribution is -2.23. The van der Waals surface area contributed by atoms with E-state index < -0.39 is 10.0 Å². The zero-order valence-electron chi connectivity index (χ0n) is 15.1. The number of nitrogens with one attached hydrogen (secondary N) is 1. The maximum absolute atomic E-state index is 12.5. The summed E-state index contributed by atoms with van der Waals surface area (Å²) in [5.41, 5.74) is 2.46. The van der Waals surface area contributed by atoms with E-state index in [0.717, 1.165) is 20.5 Å². The van der Waals surface area contributed by atoms with Crippen LogP contribution in [-0.4, -0.2) is 19.3 Å². The minimum atomic E-state index is -3.89. The summed E-state index contributed by atoms with van der Waals surface area (Å²) in [5.74, 6) is -0.345. The van der Waals surface area contributed by atoms with Gasteiger partial charge >= 0.3 is 0 Å². The molecule has 1 aromatic carbocycles. The Bertz CT molecular complexity index is 1110. The van der Waals surface area contributed by atoms with Crippen molar-refractivity contribution in [3.05, 3.63) is 56.2 Å². The van der Waals surface area contributed by atoms with Crippen molar-refractivity contribution in [3.8, 4) is 10.6 Å². The van der Waals surface area contributed by atoms with E-state index >= 15 is 0 Å². The number of nitrogens with two attached hydrogens (primary N) is 1. The average Bonchev–Trinajstić information content (AvgIpc) is 3.22. The number of amides is 1. The van der Waals surface area contributed by atoms with Gasteiger partial charge in [-0.3, -0.25) is 4.79 Å². The van der Waals surface area contributed by atoms with E-state index in [1.54, 1.807) is 42.6 Å². The van der Waals surface area contributed by atoms with Gasteiger partial charge in [0.1, 0.15) is 0 Å². The van der Waals surface area contributed by atoms with E-state index in [1.165, 1.54) is 6.07 Å². The largest absolute Gasteiger partial charge is 0.347 e. The predicted octanol–water partition coefficient (Wildman–Crippen LogP) is 3.37. The van der Waals surface area contributed by atoms with Crippen molar-refractivity contribution in [3.63, 3.8) is 0 Å². The summed E-state index contributed by atoms with van der Waals surface area (Å²) in [4.78, 5) is 19.0. The van der Waals surface area contributed by atoms with Crippen LogP contribution in [-0.2, 0) is 16.6 Å². The first-order valence-corrected chi connectivity index (χ1v) is 11.3. The number of carbonyl (C=O) groups is 1. The molecule has 9 heteroatoms. The molecule has 3 aromatic rings. The number of aromatic nitrogens is 1. The first kappa shape index (κ1) is 19.7. The Balaban J connectivity index is 1.75.